The van der Waals surface area contributed by atoms with Crippen LogP contribution < -0.4 is 0 Å². The standard InChI is InChI=1S/C17H22FNO3/c1-12-8-13(18)4-5-15(12)16(20)19-7-3-6-17(11-19)9-14(21-2)10-22-17/h4-5,8,14H,3,6-7,9-11H2,1-2H3/t14-,17+/m1/s1. The number of hydrogen-bond acceptors (Lipinski definition) is 3. The molecule has 2 aliphatic rings. The van der Waals surface area contributed by atoms with Crippen molar-refractivity contribution >= 4 is 5.91 Å². The molecule has 120 valence electrons. The molecule has 5 heteroatoms. The van der Waals surface area contributed by atoms with Crippen molar-refractivity contribution in [2.45, 2.75) is 37.9 Å². The number of amides is 1. The van der Waals surface area contributed by atoms with Crippen LogP contribution in [0.3, 0.4) is 0 Å². The maximum Gasteiger partial charge on any atom is 0.254 e. The van der Waals surface area contributed by atoms with Crippen LogP contribution in [0.2, 0.25) is 0 Å². The third kappa shape index (κ3) is 2.88. The number of benzene rings is 1. The topological polar surface area (TPSA) is 38.8 Å². The molecule has 4 nitrogen and oxygen atoms in total. The highest BCUT2D eigenvalue weighted by molar-refractivity contribution is 5.95. The number of carbonyl (C=O) groups excluding carboxylic acids is 1. The molecule has 3 rings (SSSR count). The van der Waals surface area contributed by atoms with Crippen LogP contribution in [-0.4, -0.2) is 49.3 Å². The van der Waals surface area contributed by atoms with Crippen LogP contribution in [0.5, 0.6) is 0 Å². The first-order valence-electron chi connectivity index (χ1n) is 7.75. The Balaban J connectivity index is 1.76. The largest absolute Gasteiger partial charge is 0.379 e. The molecule has 0 aromatic heterocycles. The second kappa shape index (κ2) is 5.97. The molecule has 0 unspecified atom stereocenters. The van der Waals surface area contributed by atoms with E-state index in [9.17, 15) is 9.18 Å². The molecule has 0 N–H and O–H groups in total. The summed E-state index contributed by atoms with van der Waals surface area (Å²) >= 11 is 0. The highest BCUT2D eigenvalue weighted by Gasteiger charge is 2.44. The lowest BCUT2D eigenvalue weighted by molar-refractivity contribution is -0.0458. The number of halogens is 1. The Kier molecular flexibility index (Phi) is 4.19. The van der Waals surface area contributed by atoms with Crippen molar-refractivity contribution in [1.82, 2.24) is 4.90 Å². The number of hydrogen-bond donors (Lipinski definition) is 0. The van der Waals surface area contributed by atoms with Gasteiger partial charge in [-0.3, -0.25) is 4.79 Å². The van der Waals surface area contributed by atoms with Crippen LogP contribution >= 0.6 is 0 Å². The molecule has 2 aliphatic heterocycles. The van der Waals surface area contributed by atoms with Gasteiger partial charge in [0, 0.05) is 25.6 Å². The minimum absolute atomic E-state index is 0.0407. The van der Waals surface area contributed by atoms with E-state index in [-0.39, 0.29) is 23.4 Å². The van der Waals surface area contributed by atoms with E-state index in [1.165, 1.54) is 12.1 Å². The molecule has 2 heterocycles. The van der Waals surface area contributed by atoms with Gasteiger partial charge in [0.05, 0.1) is 24.9 Å². The van der Waals surface area contributed by atoms with Crippen LogP contribution in [0.1, 0.15) is 35.2 Å². The summed E-state index contributed by atoms with van der Waals surface area (Å²) in [6, 6.07) is 4.31. The molecular weight excluding hydrogens is 285 g/mol. The SMILES string of the molecule is CO[C@H]1CO[C@@]2(CCCN(C(=O)c3ccc(F)cc3C)C2)C1. The number of nitrogens with zero attached hydrogens (tertiary/aromatic N) is 1. The molecule has 1 spiro atoms. The summed E-state index contributed by atoms with van der Waals surface area (Å²) in [5.41, 5.74) is 0.967. The average Bonchev–Trinajstić information content (AvgIpc) is 2.89. The van der Waals surface area contributed by atoms with Crippen molar-refractivity contribution in [2.75, 3.05) is 26.8 Å². The minimum Gasteiger partial charge on any atom is -0.379 e. The third-order valence-corrected chi connectivity index (χ3v) is 4.75. The van der Waals surface area contributed by atoms with Gasteiger partial charge in [0.15, 0.2) is 0 Å². The minimum atomic E-state index is -0.314. The maximum absolute atomic E-state index is 13.2. The number of ether oxygens (including phenoxy) is 2. The first kappa shape index (κ1) is 15.4. The van der Waals surface area contributed by atoms with Gasteiger partial charge in [-0.1, -0.05) is 0 Å². The Morgan fingerprint density at radius 1 is 1.50 bits per heavy atom. The molecular formula is C17H22FNO3. The number of aryl methyl sites for hydroxylation is 1. The molecule has 0 radical (unpaired) electrons. The summed E-state index contributed by atoms with van der Waals surface area (Å²) in [5, 5.41) is 0. The zero-order valence-electron chi connectivity index (χ0n) is 13.1. The Hall–Kier alpha value is -1.46. The summed E-state index contributed by atoms with van der Waals surface area (Å²) in [7, 11) is 1.70. The van der Waals surface area contributed by atoms with Gasteiger partial charge in [-0.25, -0.2) is 4.39 Å². The highest BCUT2D eigenvalue weighted by atomic mass is 19.1. The van der Waals surface area contributed by atoms with Gasteiger partial charge in [-0.2, -0.15) is 0 Å². The van der Waals surface area contributed by atoms with Crippen molar-refractivity contribution < 1.29 is 18.7 Å². The fourth-order valence-corrected chi connectivity index (χ4v) is 3.55. The van der Waals surface area contributed by atoms with E-state index in [0.29, 0.717) is 24.3 Å². The number of carbonyl (C=O) groups is 1. The summed E-state index contributed by atoms with van der Waals surface area (Å²) in [6.45, 7) is 3.66. The summed E-state index contributed by atoms with van der Waals surface area (Å²) < 4.78 is 24.6. The molecule has 0 bridgehead atoms. The second-order valence-electron chi connectivity index (χ2n) is 6.35. The molecule has 1 amide bonds. The van der Waals surface area contributed by atoms with Gasteiger partial charge < -0.3 is 14.4 Å². The first-order chi connectivity index (χ1) is 10.5. The van der Waals surface area contributed by atoms with Gasteiger partial charge in [0.25, 0.3) is 5.91 Å². The molecule has 2 saturated heterocycles. The summed E-state index contributed by atoms with van der Waals surface area (Å²) in [6.07, 6.45) is 2.82. The zero-order valence-corrected chi connectivity index (χ0v) is 13.1. The lowest BCUT2D eigenvalue weighted by Gasteiger charge is -2.39. The van der Waals surface area contributed by atoms with Crippen molar-refractivity contribution in [3.8, 4) is 0 Å². The van der Waals surface area contributed by atoms with Gasteiger partial charge in [0.2, 0.25) is 0 Å². The van der Waals surface area contributed by atoms with Crippen molar-refractivity contribution in [3.63, 3.8) is 0 Å². The molecule has 2 atom stereocenters. The van der Waals surface area contributed by atoms with E-state index in [1.54, 1.807) is 20.1 Å². The number of likely N-dealkylation sites (tertiary alicyclic amines) is 1. The molecule has 22 heavy (non-hydrogen) atoms. The normalized spacial score (nSPS) is 28.3. The van der Waals surface area contributed by atoms with E-state index in [1.807, 2.05) is 4.90 Å². The lowest BCUT2D eigenvalue weighted by atomic mass is 9.89. The predicted octanol–water partition coefficient (Wildman–Crippen LogP) is 2.54. The fourth-order valence-electron chi connectivity index (χ4n) is 3.55. The van der Waals surface area contributed by atoms with E-state index in [4.69, 9.17) is 9.47 Å². The fraction of sp³-hybridized carbons (Fsp3) is 0.588. The van der Waals surface area contributed by atoms with Crippen molar-refractivity contribution in [1.29, 1.82) is 0 Å². The van der Waals surface area contributed by atoms with Gasteiger partial charge in [-0.15, -0.1) is 0 Å². The van der Waals surface area contributed by atoms with E-state index in [0.717, 1.165) is 25.8 Å². The van der Waals surface area contributed by atoms with Crippen LogP contribution in [0.25, 0.3) is 0 Å². The van der Waals surface area contributed by atoms with Gasteiger partial charge in [-0.05, 0) is 43.5 Å². The quantitative estimate of drug-likeness (QED) is 0.843. The van der Waals surface area contributed by atoms with E-state index in [2.05, 4.69) is 0 Å². The average molecular weight is 307 g/mol. The van der Waals surface area contributed by atoms with Crippen LogP contribution in [0.15, 0.2) is 18.2 Å². The van der Waals surface area contributed by atoms with Crippen molar-refractivity contribution in [2.24, 2.45) is 0 Å². The monoisotopic (exact) mass is 307 g/mol. The Labute approximate surface area is 130 Å². The van der Waals surface area contributed by atoms with Crippen LogP contribution in [-0.2, 0) is 9.47 Å². The smallest absolute Gasteiger partial charge is 0.254 e. The summed E-state index contributed by atoms with van der Waals surface area (Å²) in [5.74, 6) is -0.354. The lowest BCUT2D eigenvalue weighted by Crippen LogP contribution is -2.50. The van der Waals surface area contributed by atoms with E-state index >= 15 is 0 Å². The molecule has 1 aromatic rings. The van der Waals surface area contributed by atoms with Crippen LogP contribution in [0, 0.1) is 12.7 Å². The Morgan fingerprint density at radius 2 is 2.32 bits per heavy atom. The predicted molar refractivity (Wildman–Crippen MR) is 80.4 cm³/mol. The Morgan fingerprint density at radius 3 is 3.00 bits per heavy atom. The van der Waals surface area contributed by atoms with Gasteiger partial charge >= 0.3 is 0 Å². The molecule has 2 fully saturated rings. The van der Waals surface area contributed by atoms with E-state index < -0.39 is 0 Å². The number of rotatable bonds is 2. The maximum atomic E-state index is 13.2. The number of methoxy groups -OCH3 is 1. The zero-order chi connectivity index (χ0) is 15.7. The second-order valence-corrected chi connectivity index (χ2v) is 6.35. The molecule has 0 saturated carbocycles. The third-order valence-electron chi connectivity index (χ3n) is 4.75. The summed E-state index contributed by atoms with van der Waals surface area (Å²) in [4.78, 5) is 14.6. The van der Waals surface area contributed by atoms with Crippen molar-refractivity contribution in [3.05, 3.63) is 35.1 Å². The molecule has 1 aromatic carbocycles. The Bertz CT molecular complexity index is 577. The van der Waals surface area contributed by atoms with Crippen LogP contribution in [0.4, 0.5) is 4.39 Å². The molecule has 0 aliphatic carbocycles. The highest BCUT2D eigenvalue weighted by Crippen LogP contribution is 2.36. The first-order valence-corrected chi connectivity index (χ1v) is 7.75. The van der Waals surface area contributed by atoms with Gasteiger partial charge in [0.1, 0.15) is 5.82 Å². The number of piperidine rings is 1.